The van der Waals surface area contributed by atoms with Crippen LogP contribution in [0.25, 0.3) is 11.5 Å². The Balaban J connectivity index is 1.91. The summed E-state index contributed by atoms with van der Waals surface area (Å²) in [6.45, 7) is 1.19. The maximum absolute atomic E-state index is 12.7. The van der Waals surface area contributed by atoms with Crippen LogP contribution < -0.4 is 0 Å². The lowest BCUT2D eigenvalue weighted by molar-refractivity contribution is -0.155. The highest BCUT2D eigenvalue weighted by Gasteiger charge is 2.39. The van der Waals surface area contributed by atoms with Gasteiger partial charge in [0.1, 0.15) is 16.3 Å². The third-order valence-electron chi connectivity index (χ3n) is 4.03. The quantitative estimate of drug-likeness (QED) is 0.847. The molecule has 0 amide bonds. The second-order valence-electron chi connectivity index (χ2n) is 5.79. The van der Waals surface area contributed by atoms with Crippen molar-refractivity contribution in [3.63, 3.8) is 0 Å². The number of aryl methyl sites for hydroxylation is 1. The number of alkyl halides is 3. The monoisotopic (exact) mass is 394 g/mol. The van der Waals surface area contributed by atoms with Crippen molar-refractivity contribution in [2.24, 2.45) is 5.92 Å². The number of aromatic nitrogens is 1. The van der Waals surface area contributed by atoms with Gasteiger partial charge in [-0.15, -0.1) is 0 Å². The van der Waals surface area contributed by atoms with Crippen LogP contribution >= 0.6 is 0 Å². The molecule has 12 heteroatoms. The molecule has 2 aromatic heterocycles. The molecule has 8 nitrogen and oxygen atoms in total. The highest BCUT2D eigenvalue weighted by atomic mass is 32.2. The molecule has 1 N–H and O–H groups in total. The third-order valence-corrected chi connectivity index (χ3v) is 6.00. The number of halogens is 3. The smallest absolute Gasteiger partial charge is 0.452 e. The molecule has 1 fully saturated rings. The Morgan fingerprint density at radius 1 is 1.38 bits per heavy atom. The average molecular weight is 394 g/mol. The number of rotatable bonds is 4. The third kappa shape index (κ3) is 3.21. The van der Waals surface area contributed by atoms with Crippen molar-refractivity contribution >= 4 is 16.0 Å². The number of carboxylic acid groups (broad SMARTS) is 1. The van der Waals surface area contributed by atoms with Crippen LogP contribution in [-0.2, 0) is 21.0 Å². The Morgan fingerprint density at radius 2 is 2.08 bits per heavy atom. The van der Waals surface area contributed by atoms with Crippen molar-refractivity contribution in [2.45, 2.75) is 24.4 Å². The maximum atomic E-state index is 12.7. The van der Waals surface area contributed by atoms with Gasteiger partial charge in [-0.25, -0.2) is 8.42 Å². The van der Waals surface area contributed by atoms with E-state index in [-0.39, 0.29) is 41.6 Å². The minimum Gasteiger partial charge on any atom is -0.481 e. The van der Waals surface area contributed by atoms with Gasteiger partial charge < -0.3 is 14.0 Å². The van der Waals surface area contributed by atoms with E-state index in [1.807, 2.05) is 0 Å². The van der Waals surface area contributed by atoms with Crippen molar-refractivity contribution in [1.82, 2.24) is 9.46 Å². The molecule has 26 heavy (non-hydrogen) atoms. The molecule has 0 bridgehead atoms. The second-order valence-corrected chi connectivity index (χ2v) is 7.70. The maximum Gasteiger partial charge on any atom is 0.452 e. The van der Waals surface area contributed by atoms with Crippen molar-refractivity contribution in [3.8, 4) is 11.5 Å². The van der Waals surface area contributed by atoms with Crippen LogP contribution in [0.2, 0.25) is 0 Å². The lowest BCUT2D eigenvalue weighted by atomic mass is 10.1. The minimum absolute atomic E-state index is 0.0292. The summed E-state index contributed by atoms with van der Waals surface area (Å²) >= 11 is 0. The average Bonchev–Trinajstić information content (AvgIpc) is 3.25. The molecule has 0 aromatic carbocycles. The van der Waals surface area contributed by atoms with Crippen molar-refractivity contribution in [1.29, 1.82) is 0 Å². The van der Waals surface area contributed by atoms with Gasteiger partial charge in [-0.1, -0.05) is 5.16 Å². The van der Waals surface area contributed by atoms with Gasteiger partial charge >= 0.3 is 12.1 Å². The number of sulfonamides is 1. The van der Waals surface area contributed by atoms with Crippen LogP contribution in [0.1, 0.15) is 17.9 Å². The van der Waals surface area contributed by atoms with Crippen LogP contribution in [0.4, 0.5) is 13.2 Å². The van der Waals surface area contributed by atoms with Crippen LogP contribution in [0.15, 0.2) is 26.0 Å². The molecule has 1 atom stereocenters. The summed E-state index contributed by atoms with van der Waals surface area (Å²) in [7, 11) is -4.05. The highest BCUT2D eigenvalue weighted by Crippen LogP contribution is 2.35. The van der Waals surface area contributed by atoms with Crippen LogP contribution in [0, 0.1) is 12.8 Å². The SMILES string of the molecule is Cc1oc(-c2cc(C(F)(F)F)on2)cc1S(=O)(=O)N1CCC(C(=O)O)C1. The fraction of sp³-hybridized carbons (Fsp3) is 0.429. The molecular weight excluding hydrogens is 381 g/mol. The van der Waals surface area contributed by atoms with E-state index in [0.717, 1.165) is 10.4 Å². The minimum atomic E-state index is -4.73. The van der Waals surface area contributed by atoms with E-state index in [0.29, 0.717) is 6.07 Å². The summed E-state index contributed by atoms with van der Waals surface area (Å²) in [5.41, 5.74) is -0.299. The van der Waals surface area contributed by atoms with E-state index in [2.05, 4.69) is 9.68 Å². The molecule has 1 aliphatic heterocycles. The van der Waals surface area contributed by atoms with Gasteiger partial charge in [-0.3, -0.25) is 4.79 Å². The molecule has 0 spiro atoms. The first-order valence-corrected chi connectivity index (χ1v) is 8.82. The number of nitrogens with zero attached hydrogens (tertiary/aromatic N) is 2. The Kier molecular flexibility index (Phi) is 4.35. The van der Waals surface area contributed by atoms with Crippen molar-refractivity contribution in [2.75, 3.05) is 13.1 Å². The fourth-order valence-electron chi connectivity index (χ4n) is 2.66. The van der Waals surface area contributed by atoms with Gasteiger partial charge in [0.15, 0.2) is 5.76 Å². The zero-order valence-electron chi connectivity index (χ0n) is 13.3. The van der Waals surface area contributed by atoms with Crippen molar-refractivity contribution in [3.05, 3.63) is 23.7 Å². The zero-order valence-corrected chi connectivity index (χ0v) is 14.1. The molecule has 1 unspecified atom stereocenters. The Bertz CT molecular complexity index is 946. The zero-order chi connectivity index (χ0) is 19.3. The fourth-order valence-corrected chi connectivity index (χ4v) is 4.32. The van der Waals surface area contributed by atoms with Crippen LogP contribution in [-0.4, -0.2) is 42.0 Å². The molecule has 3 heterocycles. The first-order chi connectivity index (χ1) is 12.0. The molecule has 2 aromatic rings. The van der Waals surface area contributed by atoms with E-state index >= 15 is 0 Å². The van der Waals surface area contributed by atoms with E-state index in [4.69, 9.17) is 9.52 Å². The lowest BCUT2D eigenvalue weighted by Crippen LogP contribution is -2.30. The van der Waals surface area contributed by atoms with Gasteiger partial charge in [-0.05, 0) is 13.3 Å². The standard InChI is InChI=1S/C14H13F3N2O6S/c1-7-11(26(22,23)19-3-2-8(6-19)13(20)21)5-10(24-7)9-4-12(25-18-9)14(15,16)17/h4-5,8H,2-3,6H2,1H3,(H,20,21). The summed E-state index contributed by atoms with van der Waals surface area (Å²) in [6, 6.07) is 1.65. The summed E-state index contributed by atoms with van der Waals surface area (Å²) in [4.78, 5) is 10.7. The number of carbonyl (C=O) groups is 1. The number of furan rings is 1. The first-order valence-electron chi connectivity index (χ1n) is 7.38. The number of hydrogen-bond acceptors (Lipinski definition) is 6. The van der Waals surface area contributed by atoms with E-state index in [1.165, 1.54) is 6.92 Å². The molecule has 0 aliphatic carbocycles. The van der Waals surface area contributed by atoms with Gasteiger partial charge in [-0.2, -0.15) is 17.5 Å². The van der Waals surface area contributed by atoms with E-state index in [9.17, 15) is 26.4 Å². The normalized spacial score (nSPS) is 19.2. The molecular formula is C14H13F3N2O6S. The summed E-state index contributed by atoms with van der Waals surface area (Å²) in [5, 5.41) is 12.2. The topological polar surface area (TPSA) is 114 Å². The van der Waals surface area contributed by atoms with Crippen LogP contribution in [0.5, 0.6) is 0 Å². The molecule has 142 valence electrons. The summed E-state index contributed by atoms with van der Waals surface area (Å²) < 4.78 is 73.6. The lowest BCUT2D eigenvalue weighted by Gasteiger charge is -2.14. The first kappa shape index (κ1) is 18.5. The molecule has 0 radical (unpaired) electrons. The Morgan fingerprint density at radius 3 is 2.62 bits per heavy atom. The van der Waals surface area contributed by atoms with Gasteiger partial charge in [0.25, 0.3) is 0 Å². The largest absolute Gasteiger partial charge is 0.481 e. The molecule has 1 aliphatic rings. The molecule has 3 rings (SSSR count). The van der Waals surface area contributed by atoms with Gasteiger partial charge in [0, 0.05) is 25.2 Å². The Hall–Kier alpha value is -2.34. The van der Waals surface area contributed by atoms with Crippen LogP contribution in [0.3, 0.4) is 0 Å². The predicted molar refractivity (Wildman–Crippen MR) is 78.4 cm³/mol. The summed E-state index contributed by atoms with van der Waals surface area (Å²) in [5.74, 6) is -3.48. The predicted octanol–water partition coefficient (Wildman–Crippen LogP) is 2.36. The van der Waals surface area contributed by atoms with E-state index < -0.39 is 33.8 Å². The molecule has 1 saturated heterocycles. The number of carboxylic acids is 1. The van der Waals surface area contributed by atoms with E-state index in [1.54, 1.807) is 0 Å². The number of aliphatic carboxylic acids is 1. The summed E-state index contributed by atoms with van der Waals surface area (Å²) in [6.07, 6.45) is -4.56. The molecule has 0 saturated carbocycles. The van der Waals surface area contributed by atoms with Gasteiger partial charge in [0.05, 0.1) is 5.92 Å². The Labute approximate surface area is 145 Å². The van der Waals surface area contributed by atoms with Crippen molar-refractivity contribution < 1.29 is 40.4 Å². The second kappa shape index (κ2) is 6.13. The highest BCUT2D eigenvalue weighted by molar-refractivity contribution is 7.89. The van der Waals surface area contributed by atoms with Gasteiger partial charge in [0.2, 0.25) is 15.8 Å². The number of hydrogen-bond donors (Lipinski definition) is 1.